The van der Waals surface area contributed by atoms with Gasteiger partial charge in [-0.15, -0.1) is 0 Å². The number of nitriles is 1. The first-order valence-electron chi connectivity index (χ1n) is 6.40. The van der Waals surface area contributed by atoms with E-state index in [2.05, 4.69) is 16.0 Å². The summed E-state index contributed by atoms with van der Waals surface area (Å²) in [5.74, 6) is 0.606. The number of aromatic nitrogens is 2. The van der Waals surface area contributed by atoms with Crippen LogP contribution >= 0.6 is 0 Å². The van der Waals surface area contributed by atoms with Gasteiger partial charge in [0.05, 0.1) is 16.6 Å². The first-order valence-corrected chi connectivity index (χ1v) is 6.40. The number of nitrogens with one attached hydrogen (secondary N) is 1. The van der Waals surface area contributed by atoms with E-state index in [1.807, 2.05) is 61.5 Å². The fourth-order valence-electron chi connectivity index (χ4n) is 2.06. The van der Waals surface area contributed by atoms with E-state index < -0.39 is 0 Å². The Morgan fingerprint density at radius 2 is 1.90 bits per heavy atom. The monoisotopic (exact) mass is 259 g/mol. The van der Waals surface area contributed by atoms with Crippen molar-refractivity contribution in [2.45, 2.75) is 6.92 Å². The SMILES string of the molecule is Cc1ccc(C=C(C#N)c2nc3ccccc3[nH]2)cc1. The maximum atomic E-state index is 9.34. The van der Waals surface area contributed by atoms with Crippen LogP contribution in [0.1, 0.15) is 17.0 Å². The molecule has 3 aromatic rings. The number of imidazole rings is 1. The molecule has 3 rings (SSSR count). The molecular formula is C17H13N3. The Labute approximate surface area is 117 Å². The number of allylic oxidation sites excluding steroid dienone is 1. The van der Waals surface area contributed by atoms with Crippen LogP contribution in [-0.2, 0) is 0 Å². The molecule has 0 amide bonds. The van der Waals surface area contributed by atoms with Crippen LogP contribution < -0.4 is 0 Å². The average molecular weight is 259 g/mol. The van der Waals surface area contributed by atoms with E-state index in [9.17, 15) is 5.26 Å². The van der Waals surface area contributed by atoms with Gasteiger partial charge in [0, 0.05) is 0 Å². The molecule has 0 atom stereocenters. The molecular weight excluding hydrogens is 246 g/mol. The Morgan fingerprint density at radius 1 is 1.15 bits per heavy atom. The van der Waals surface area contributed by atoms with E-state index >= 15 is 0 Å². The molecule has 1 N–H and O–H groups in total. The number of aromatic amines is 1. The van der Waals surface area contributed by atoms with Crippen molar-refractivity contribution in [1.82, 2.24) is 9.97 Å². The van der Waals surface area contributed by atoms with Gasteiger partial charge in [0.25, 0.3) is 0 Å². The Kier molecular flexibility index (Phi) is 3.06. The summed E-state index contributed by atoms with van der Waals surface area (Å²) >= 11 is 0. The van der Waals surface area contributed by atoms with Gasteiger partial charge in [0.2, 0.25) is 0 Å². The molecule has 0 aliphatic rings. The molecule has 3 nitrogen and oxygen atoms in total. The van der Waals surface area contributed by atoms with Crippen molar-refractivity contribution in [3.05, 3.63) is 65.5 Å². The number of aryl methyl sites for hydroxylation is 1. The number of H-pyrrole nitrogens is 1. The standard InChI is InChI=1S/C17H13N3/c1-12-6-8-13(9-7-12)10-14(11-18)17-19-15-4-2-3-5-16(15)20-17/h2-10H,1H3,(H,19,20). The van der Waals surface area contributed by atoms with Gasteiger partial charge < -0.3 is 4.98 Å². The van der Waals surface area contributed by atoms with Gasteiger partial charge in [0.1, 0.15) is 11.9 Å². The first-order chi connectivity index (χ1) is 9.76. The zero-order valence-corrected chi connectivity index (χ0v) is 11.1. The van der Waals surface area contributed by atoms with Gasteiger partial charge in [-0.25, -0.2) is 4.98 Å². The molecule has 96 valence electrons. The lowest BCUT2D eigenvalue weighted by atomic mass is 10.1. The van der Waals surface area contributed by atoms with Crippen LogP contribution in [0.5, 0.6) is 0 Å². The third-order valence-corrected chi connectivity index (χ3v) is 3.15. The van der Waals surface area contributed by atoms with Crippen LogP contribution in [0.2, 0.25) is 0 Å². The number of benzene rings is 2. The molecule has 3 heteroatoms. The minimum absolute atomic E-state index is 0.532. The minimum Gasteiger partial charge on any atom is -0.337 e. The van der Waals surface area contributed by atoms with E-state index in [-0.39, 0.29) is 0 Å². The highest BCUT2D eigenvalue weighted by Crippen LogP contribution is 2.19. The summed E-state index contributed by atoms with van der Waals surface area (Å²) in [6.45, 7) is 2.04. The van der Waals surface area contributed by atoms with Gasteiger partial charge in [0.15, 0.2) is 0 Å². The zero-order chi connectivity index (χ0) is 13.9. The molecule has 20 heavy (non-hydrogen) atoms. The first kappa shape index (κ1) is 12.2. The van der Waals surface area contributed by atoms with Crippen LogP contribution in [-0.4, -0.2) is 9.97 Å². The number of para-hydroxylation sites is 2. The van der Waals surface area contributed by atoms with Gasteiger partial charge in [-0.2, -0.15) is 5.26 Å². The van der Waals surface area contributed by atoms with Crippen molar-refractivity contribution in [1.29, 1.82) is 5.26 Å². The summed E-state index contributed by atoms with van der Waals surface area (Å²) in [4.78, 5) is 7.63. The van der Waals surface area contributed by atoms with E-state index in [1.54, 1.807) is 0 Å². The third-order valence-electron chi connectivity index (χ3n) is 3.15. The summed E-state index contributed by atoms with van der Waals surface area (Å²) in [5, 5.41) is 9.34. The summed E-state index contributed by atoms with van der Waals surface area (Å²) in [5.41, 5.74) is 4.53. The van der Waals surface area contributed by atoms with Crippen LogP contribution in [0.15, 0.2) is 48.5 Å². The molecule has 1 aromatic heterocycles. The van der Waals surface area contributed by atoms with E-state index in [0.29, 0.717) is 11.4 Å². The molecule has 0 saturated carbocycles. The highest BCUT2D eigenvalue weighted by molar-refractivity contribution is 5.90. The van der Waals surface area contributed by atoms with Gasteiger partial charge in [-0.1, -0.05) is 42.0 Å². The maximum absolute atomic E-state index is 9.34. The Hall–Kier alpha value is -2.86. The number of fused-ring (bicyclic) bond motifs is 1. The second-order valence-electron chi connectivity index (χ2n) is 4.68. The van der Waals surface area contributed by atoms with Crippen molar-refractivity contribution in [2.24, 2.45) is 0 Å². The molecule has 0 saturated heterocycles. The lowest BCUT2D eigenvalue weighted by Gasteiger charge is -1.96. The average Bonchev–Trinajstić information content (AvgIpc) is 2.90. The molecule has 0 bridgehead atoms. The quantitative estimate of drug-likeness (QED) is 0.709. The molecule has 0 radical (unpaired) electrons. The third kappa shape index (κ3) is 2.32. The lowest BCUT2D eigenvalue weighted by molar-refractivity contribution is 1.27. The Bertz CT molecular complexity index is 784. The number of rotatable bonds is 2. The minimum atomic E-state index is 0.532. The fraction of sp³-hybridized carbons (Fsp3) is 0.0588. The Balaban J connectivity index is 2.05. The van der Waals surface area contributed by atoms with E-state index in [0.717, 1.165) is 16.6 Å². The smallest absolute Gasteiger partial charge is 0.149 e. The molecule has 0 fully saturated rings. The Morgan fingerprint density at radius 3 is 2.60 bits per heavy atom. The fourth-order valence-corrected chi connectivity index (χ4v) is 2.06. The van der Waals surface area contributed by atoms with Crippen molar-refractivity contribution < 1.29 is 0 Å². The van der Waals surface area contributed by atoms with E-state index in [1.165, 1.54) is 5.56 Å². The zero-order valence-electron chi connectivity index (χ0n) is 11.1. The lowest BCUT2D eigenvalue weighted by Crippen LogP contribution is -1.85. The van der Waals surface area contributed by atoms with Crippen molar-refractivity contribution in [2.75, 3.05) is 0 Å². The predicted octanol–water partition coefficient (Wildman–Crippen LogP) is 3.94. The van der Waals surface area contributed by atoms with Gasteiger partial charge in [-0.3, -0.25) is 0 Å². The molecule has 1 heterocycles. The summed E-state index contributed by atoms with van der Waals surface area (Å²) < 4.78 is 0. The molecule has 0 aliphatic heterocycles. The van der Waals surface area contributed by atoms with Crippen molar-refractivity contribution in [3.63, 3.8) is 0 Å². The van der Waals surface area contributed by atoms with Crippen LogP contribution in [0.3, 0.4) is 0 Å². The topological polar surface area (TPSA) is 52.5 Å². The largest absolute Gasteiger partial charge is 0.337 e. The second-order valence-corrected chi connectivity index (χ2v) is 4.68. The summed E-state index contributed by atoms with van der Waals surface area (Å²) in [6.07, 6.45) is 1.84. The molecule has 0 spiro atoms. The second kappa shape index (κ2) is 5.02. The molecule has 2 aromatic carbocycles. The van der Waals surface area contributed by atoms with Crippen molar-refractivity contribution in [3.8, 4) is 6.07 Å². The van der Waals surface area contributed by atoms with Gasteiger partial charge in [-0.05, 0) is 30.7 Å². The molecule has 0 unspecified atom stereocenters. The number of hydrogen-bond acceptors (Lipinski definition) is 2. The highest BCUT2D eigenvalue weighted by atomic mass is 14.9. The van der Waals surface area contributed by atoms with Crippen LogP contribution in [0.25, 0.3) is 22.7 Å². The van der Waals surface area contributed by atoms with Crippen LogP contribution in [0.4, 0.5) is 0 Å². The number of hydrogen-bond donors (Lipinski definition) is 1. The van der Waals surface area contributed by atoms with Gasteiger partial charge >= 0.3 is 0 Å². The van der Waals surface area contributed by atoms with Crippen molar-refractivity contribution >= 4 is 22.7 Å². The maximum Gasteiger partial charge on any atom is 0.149 e. The number of nitrogens with zero attached hydrogens (tertiary/aromatic N) is 2. The summed E-state index contributed by atoms with van der Waals surface area (Å²) in [7, 11) is 0. The normalized spacial score (nSPS) is 11.5. The molecule has 0 aliphatic carbocycles. The predicted molar refractivity (Wildman–Crippen MR) is 80.8 cm³/mol. The van der Waals surface area contributed by atoms with E-state index in [4.69, 9.17) is 0 Å². The summed E-state index contributed by atoms with van der Waals surface area (Å²) in [6, 6.07) is 18.0. The van der Waals surface area contributed by atoms with Crippen LogP contribution in [0, 0.1) is 18.3 Å². The highest BCUT2D eigenvalue weighted by Gasteiger charge is 2.07.